The number of carbonyl (C=O) groups is 3. The molecular formula is C16H10FNO5S. The number of thioether (sulfide) groups is 1. The molecule has 2 aromatic rings. The van der Waals surface area contributed by atoms with Gasteiger partial charge in [-0.15, -0.1) is 0 Å². The van der Waals surface area contributed by atoms with Crippen LogP contribution in [-0.4, -0.2) is 33.7 Å². The van der Waals surface area contributed by atoms with Gasteiger partial charge in [0.1, 0.15) is 23.9 Å². The van der Waals surface area contributed by atoms with Crippen molar-refractivity contribution in [1.29, 1.82) is 0 Å². The van der Waals surface area contributed by atoms with Gasteiger partial charge in [0.2, 0.25) is 0 Å². The Balaban J connectivity index is 1.82. The van der Waals surface area contributed by atoms with Crippen molar-refractivity contribution < 1.29 is 28.3 Å². The number of carboxylic acids is 1. The Kier molecular flexibility index (Phi) is 4.22. The number of hydrogen-bond acceptors (Lipinski definition) is 5. The third-order valence-electron chi connectivity index (χ3n) is 3.20. The van der Waals surface area contributed by atoms with Gasteiger partial charge in [0.15, 0.2) is 0 Å². The van der Waals surface area contributed by atoms with Crippen molar-refractivity contribution in [1.82, 2.24) is 4.90 Å². The van der Waals surface area contributed by atoms with E-state index in [1.54, 1.807) is 24.3 Å². The second kappa shape index (κ2) is 6.32. The zero-order valence-electron chi connectivity index (χ0n) is 12.1. The monoisotopic (exact) mass is 347 g/mol. The number of imide groups is 1. The van der Waals surface area contributed by atoms with E-state index in [0.717, 1.165) is 0 Å². The molecule has 1 aromatic heterocycles. The standard InChI is InChI=1S/C16H10FNO5S/c17-10-3-1-9(2-4-10)12-6-5-11(23-12)7-13-15(21)18(8-14(19)20)16(22)24-13/h1-7H,8H2,(H,19,20)/b13-7+. The molecule has 8 heteroatoms. The highest BCUT2D eigenvalue weighted by molar-refractivity contribution is 8.18. The molecule has 0 unspecified atom stereocenters. The summed E-state index contributed by atoms with van der Waals surface area (Å²) >= 11 is 0.651. The molecule has 0 bridgehead atoms. The van der Waals surface area contributed by atoms with Crippen LogP contribution in [0.25, 0.3) is 17.4 Å². The third-order valence-corrected chi connectivity index (χ3v) is 4.10. The lowest BCUT2D eigenvalue weighted by atomic mass is 10.2. The maximum Gasteiger partial charge on any atom is 0.323 e. The van der Waals surface area contributed by atoms with E-state index in [9.17, 15) is 18.8 Å². The van der Waals surface area contributed by atoms with Crippen LogP contribution in [0.1, 0.15) is 5.76 Å². The van der Waals surface area contributed by atoms with Crippen molar-refractivity contribution >= 4 is 35.0 Å². The Morgan fingerprint density at radius 2 is 1.92 bits per heavy atom. The highest BCUT2D eigenvalue weighted by Gasteiger charge is 2.36. The normalized spacial score (nSPS) is 16.2. The molecule has 1 aliphatic rings. The number of amides is 2. The predicted octanol–water partition coefficient (Wildman–Crippen LogP) is 3.21. The van der Waals surface area contributed by atoms with Gasteiger partial charge in [0.25, 0.3) is 11.1 Å². The molecule has 1 saturated heterocycles. The van der Waals surface area contributed by atoms with E-state index in [1.807, 2.05) is 0 Å². The summed E-state index contributed by atoms with van der Waals surface area (Å²) in [5.41, 5.74) is 0.662. The van der Waals surface area contributed by atoms with E-state index in [4.69, 9.17) is 9.52 Å². The summed E-state index contributed by atoms with van der Waals surface area (Å²) in [5, 5.41) is 8.07. The molecule has 2 amide bonds. The van der Waals surface area contributed by atoms with Crippen molar-refractivity contribution in [3.63, 3.8) is 0 Å². The van der Waals surface area contributed by atoms with Gasteiger partial charge < -0.3 is 9.52 Å². The second-order valence-electron chi connectivity index (χ2n) is 4.87. The molecule has 6 nitrogen and oxygen atoms in total. The predicted molar refractivity (Wildman–Crippen MR) is 84.4 cm³/mol. The quantitative estimate of drug-likeness (QED) is 0.855. The first-order valence-electron chi connectivity index (χ1n) is 6.77. The number of halogens is 1. The van der Waals surface area contributed by atoms with Gasteiger partial charge in [-0.3, -0.25) is 19.3 Å². The van der Waals surface area contributed by atoms with Crippen LogP contribution in [0.4, 0.5) is 9.18 Å². The van der Waals surface area contributed by atoms with E-state index < -0.39 is 23.7 Å². The fourth-order valence-electron chi connectivity index (χ4n) is 2.10. The molecule has 0 spiro atoms. The first-order chi connectivity index (χ1) is 11.4. The molecule has 3 rings (SSSR count). The first-order valence-corrected chi connectivity index (χ1v) is 7.58. The van der Waals surface area contributed by atoms with Crippen molar-refractivity contribution in [2.75, 3.05) is 6.54 Å². The first kappa shape index (κ1) is 16.0. The van der Waals surface area contributed by atoms with Crippen LogP contribution in [-0.2, 0) is 9.59 Å². The lowest BCUT2D eigenvalue weighted by molar-refractivity contribution is -0.140. The summed E-state index contributed by atoms with van der Waals surface area (Å²) in [6.45, 7) is -0.680. The summed E-state index contributed by atoms with van der Waals surface area (Å²) < 4.78 is 18.5. The molecule has 1 fully saturated rings. The number of benzene rings is 1. The van der Waals surface area contributed by atoms with Crippen LogP contribution >= 0.6 is 11.8 Å². The lowest BCUT2D eigenvalue weighted by Gasteiger charge is -2.07. The van der Waals surface area contributed by atoms with Gasteiger partial charge in [-0.2, -0.15) is 0 Å². The van der Waals surface area contributed by atoms with Gasteiger partial charge in [-0.25, -0.2) is 4.39 Å². The highest BCUT2D eigenvalue weighted by atomic mass is 32.2. The molecule has 0 aliphatic carbocycles. The van der Waals surface area contributed by atoms with Crippen LogP contribution in [0.5, 0.6) is 0 Å². The molecule has 0 saturated carbocycles. The van der Waals surface area contributed by atoms with Crippen LogP contribution in [0.3, 0.4) is 0 Å². The van der Waals surface area contributed by atoms with E-state index in [1.165, 1.54) is 18.2 Å². The summed E-state index contributed by atoms with van der Waals surface area (Å²) in [7, 11) is 0. The van der Waals surface area contributed by atoms with Crippen molar-refractivity contribution in [3.8, 4) is 11.3 Å². The summed E-state index contributed by atoms with van der Waals surface area (Å²) in [5.74, 6) is -1.50. The number of hydrogen-bond donors (Lipinski definition) is 1. The number of nitrogens with zero attached hydrogens (tertiary/aromatic N) is 1. The van der Waals surface area contributed by atoms with Crippen molar-refractivity contribution in [2.24, 2.45) is 0 Å². The smallest absolute Gasteiger partial charge is 0.323 e. The zero-order chi connectivity index (χ0) is 17.3. The maximum absolute atomic E-state index is 12.9. The van der Waals surface area contributed by atoms with Crippen molar-refractivity contribution in [2.45, 2.75) is 0 Å². The highest BCUT2D eigenvalue weighted by Crippen LogP contribution is 2.33. The average molecular weight is 347 g/mol. The number of furan rings is 1. The van der Waals surface area contributed by atoms with Crippen LogP contribution in [0, 0.1) is 5.82 Å². The van der Waals surface area contributed by atoms with Gasteiger partial charge in [-0.05, 0) is 48.2 Å². The number of carbonyl (C=O) groups excluding carboxylic acids is 2. The average Bonchev–Trinajstić information content (AvgIpc) is 3.09. The van der Waals surface area contributed by atoms with E-state index in [2.05, 4.69) is 0 Å². The largest absolute Gasteiger partial charge is 0.480 e. The number of carboxylic acid groups (broad SMARTS) is 1. The Hall–Kier alpha value is -2.87. The molecular weight excluding hydrogens is 337 g/mol. The molecule has 1 aliphatic heterocycles. The number of rotatable bonds is 4. The Morgan fingerprint density at radius 1 is 1.21 bits per heavy atom. The van der Waals surface area contributed by atoms with Gasteiger partial charge >= 0.3 is 5.97 Å². The molecule has 2 heterocycles. The number of aliphatic carboxylic acids is 1. The Labute approximate surface area is 139 Å². The summed E-state index contributed by atoms with van der Waals surface area (Å²) in [4.78, 5) is 35.1. The van der Waals surface area contributed by atoms with Crippen LogP contribution in [0.2, 0.25) is 0 Å². The lowest BCUT2D eigenvalue weighted by Crippen LogP contribution is -2.33. The summed E-state index contributed by atoms with van der Waals surface area (Å²) in [6, 6.07) is 8.96. The SMILES string of the molecule is O=C(O)CN1C(=O)S/C(=C/c2ccc(-c3ccc(F)cc3)o2)C1=O. The molecule has 1 N–H and O–H groups in total. The minimum atomic E-state index is -1.27. The van der Waals surface area contributed by atoms with Gasteiger partial charge in [0.05, 0.1) is 4.91 Å². The minimum Gasteiger partial charge on any atom is -0.480 e. The molecule has 0 atom stereocenters. The molecule has 1 aromatic carbocycles. The third kappa shape index (κ3) is 3.23. The van der Waals surface area contributed by atoms with Gasteiger partial charge in [0, 0.05) is 11.6 Å². The van der Waals surface area contributed by atoms with Gasteiger partial charge in [-0.1, -0.05) is 0 Å². The maximum atomic E-state index is 12.9. The Bertz CT molecular complexity index is 856. The molecule has 24 heavy (non-hydrogen) atoms. The topological polar surface area (TPSA) is 87.8 Å². The van der Waals surface area contributed by atoms with Crippen molar-refractivity contribution in [3.05, 3.63) is 52.9 Å². The van der Waals surface area contributed by atoms with E-state index in [-0.39, 0.29) is 10.7 Å². The fourth-order valence-corrected chi connectivity index (χ4v) is 2.92. The molecule has 0 radical (unpaired) electrons. The minimum absolute atomic E-state index is 0.0845. The van der Waals surface area contributed by atoms with Crippen LogP contribution < -0.4 is 0 Å². The summed E-state index contributed by atoms with van der Waals surface area (Å²) in [6.07, 6.45) is 1.37. The van der Waals surface area contributed by atoms with E-state index in [0.29, 0.717) is 33.7 Å². The zero-order valence-corrected chi connectivity index (χ0v) is 12.9. The Morgan fingerprint density at radius 3 is 2.58 bits per heavy atom. The van der Waals surface area contributed by atoms with E-state index >= 15 is 0 Å². The van der Waals surface area contributed by atoms with Crippen LogP contribution in [0.15, 0.2) is 45.7 Å². The molecule has 122 valence electrons. The fraction of sp³-hybridized carbons (Fsp3) is 0.0625. The second-order valence-corrected chi connectivity index (χ2v) is 5.86.